The van der Waals surface area contributed by atoms with Crippen molar-refractivity contribution in [2.24, 2.45) is 23.7 Å². The largest absolute Gasteiger partial charge is 0.494 e. The number of aryl methyl sites for hydroxylation is 1. The first-order chi connectivity index (χ1) is 16.5. The Balaban J connectivity index is 1.06. The third-order valence-electron chi connectivity index (χ3n) is 7.64. The highest BCUT2D eigenvalue weighted by atomic mass is 16.5. The predicted octanol–water partition coefficient (Wildman–Crippen LogP) is 4.31. The van der Waals surface area contributed by atoms with E-state index >= 15 is 0 Å². The van der Waals surface area contributed by atoms with Gasteiger partial charge in [-0.15, -0.1) is 0 Å². The molecule has 6 nitrogen and oxygen atoms in total. The molecule has 4 bridgehead atoms. The molecule has 34 heavy (non-hydrogen) atoms. The Morgan fingerprint density at radius 2 is 1.32 bits per heavy atom. The molecule has 2 amide bonds. The summed E-state index contributed by atoms with van der Waals surface area (Å²) in [5.41, 5.74) is 2.14. The molecule has 1 saturated carbocycles. The second-order valence-electron chi connectivity index (χ2n) is 10.0. The lowest BCUT2D eigenvalue weighted by atomic mass is 9.79. The van der Waals surface area contributed by atoms with Crippen molar-refractivity contribution in [1.82, 2.24) is 4.90 Å². The second-order valence-corrected chi connectivity index (χ2v) is 10.0. The average molecular weight is 463 g/mol. The van der Waals surface area contributed by atoms with Crippen molar-refractivity contribution >= 4 is 17.5 Å². The molecule has 2 saturated heterocycles. The SMILES string of the molecule is Cc1ccc(OCCCCCOc2ccc(N3CC4CC5CN(C)C(=O)C4C5C3=O)cc2)cc1. The Labute approximate surface area is 201 Å². The summed E-state index contributed by atoms with van der Waals surface area (Å²) in [5.74, 6) is 2.33. The minimum Gasteiger partial charge on any atom is -0.494 e. The number of carbonyl (C=O) groups is 2. The summed E-state index contributed by atoms with van der Waals surface area (Å²) < 4.78 is 11.7. The van der Waals surface area contributed by atoms with Gasteiger partial charge >= 0.3 is 0 Å². The molecule has 0 N–H and O–H groups in total. The van der Waals surface area contributed by atoms with Gasteiger partial charge in [-0.2, -0.15) is 0 Å². The van der Waals surface area contributed by atoms with Gasteiger partial charge in [-0.1, -0.05) is 17.7 Å². The van der Waals surface area contributed by atoms with Gasteiger partial charge in [0.1, 0.15) is 11.5 Å². The molecular weight excluding hydrogens is 428 g/mol. The van der Waals surface area contributed by atoms with E-state index in [1.807, 2.05) is 53.2 Å². The molecule has 2 aromatic carbocycles. The summed E-state index contributed by atoms with van der Waals surface area (Å²) in [6.07, 6.45) is 3.99. The highest BCUT2D eigenvalue weighted by Crippen LogP contribution is 2.50. The van der Waals surface area contributed by atoms with Gasteiger partial charge in [-0.05, 0) is 80.8 Å². The first-order valence-corrected chi connectivity index (χ1v) is 12.5. The molecule has 5 rings (SSSR count). The van der Waals surface area contributed by atoms with E-state index in [9.17, 15) is 9.59 Å². The lowest BCUT2D eigenvalue weighted by molar-refractivity contribution is -0.147. The quantitative estimate of drug-likeness (QED) is 0.521. The van der Waals surface area contributed by atoms with E-state index in [0.717, 1.165) is 42.9 Å². The zero-order chi connectivity index (χ0) is 23.7. The third kappa shape index (κ3) is 4.50. The molecule has 2 aromatic rings. The zero-order valence-corrected chi connectivity index (χ0v) is 20.1. The highest BCUT2D eigenvalue weighted by Gasteiger charge is 2.59. The van der Waals surface area contributed by atoms with Gasteiger partial charge in [0.2, 0.25) is 11.8 Å². The van der Waals surface area contributed by atoms with Crippen LogP contribution in [0.1, 0.15) is 31.2 Å². The van der Waals surface area contributed by atoms with Gasteiger partial charge in [0.05, 0.1) is 25.0 Å². The number of rotatable bonds is 9. The number of ether oxygens (including phenoxy) is 2. The molecule has 3 fully saturated rings. The van der Waals surface area contributed by atoms with Gasteiger partial charge < -0.3 is 19.3 Å². The van der Waals surface area contributed by atoms with Crippen LogP contribution in [0.4, 0.5) is 5.69 Å². The molecule has 1 aliphatic carbocycles. The maximum absolute atomic E-state index is 13.3. The number of amides is 2. The summed E-state index contributed by atoms with van der Waals surface area (Å²) in [6.45, 7) is 4.80. The van der Waals surface area contributed by atoms with Crippen molar-refractivity contribution in [3.05, 3.63) is 54.1 Å². The molecule has 4 unspecified atom stereocenters. The molecule has 2 heterocycles. The van der Waals surface area contributed by atoms with Crippen LogP contribution in [0.3, 0.4) is 0 Å². The highest BCUT2D eigenvalue weighted by molar-refractivity contribution is 6.01. The van der Waals surface area contributed by atoms with Gasteiger partial charge in [0.15, 0.2) is 0 Å². The average Bonchev–Trinajstić information content (AvgIpc) is 3.05. The van der Waals surface area contributed by atoms with Crippen molar-refractivity contribution in [1.29, 1.82) is 0 Å². The van der Waals surface area contributed by atoms with Crippen LogP contribution in [-0.2, 0) is 9.59 Å². The summed E-state index contributed by atoms with van der Waals surface area (Å²) in [6, 6.07) is 16.0. The number of hydrogen-bond acceptors (Lipinski definition) is 4. The maximum Gasteiger partial charge on any atom is 0.231 e. The van der Waals surface area contributed by atoms with E-state index < -0.39 is 0 Å². The van der Waals surface area contributed by atoms with Gasteiger partial charge in [0, 0.05) is 25.8 Å². The number of anilines is 1. The van der Waals surface area contributed by atoms with E-state index in [1.165, 1.54) is 5.56 Å². The zero-order valence-electron chi connectivity index (χ0n) is 20.1. The lowest BCUT2D eigenvalue weighted by Crippen LogP contribution is -2.56. The Hall–Kier alpha value is -3.02. The van der Waals surface area contributed by atoms with Crippen LogP contribution in [0.25, 0.3) is 0 Å². The number of nitrogens with zero attached hydrogens (tertiary/aromatic N) is 2. The van der Waals surface area contributed by atoms with Crippen LogP contribution in [0.15, 0.2) is 48.5 Å². The number of benzene rings is 2. The topological polar surface area (TPSA) is 59.1 Å². The molecule has 0 radical (unpaired) electrons. The van der Waals surface area contributed by atoms with E-state index in [1.54, 1.807) is 0 Å². The Bertz CT molecular complexity index is 1020. The van der Waals surface area contributed by atoms with Crippen LogP contribution in [0.2, 0.25) is 0 Å². The molecule has 6 heteroatoms. The third-order valence-corrected chi connectivity index (χ3v) is 7.64. The summed E-state index contributed by atoms with van der Waals surface area (Å²) in [5, 5.41) is 0. The number of piperidine rings is 2. The van der Waals surface area contributed by atoms with Gasteiger partial charge in [-0.3, -0.25) is 9.59 Å². The summed E-state index contributed by atoms with van der Waals surface area (Å²) in [4.78, 5) is 29.6. The first kappa shape index (κ1) is 22.8. The first-order valence-electron chi connectivity index (χ1n) is 12.5. The molecule has 2 aliphatic heterocycles. The Morgan fingerprint density at radius 3 is 1.97 bits per heavy atom. The van der Waals surface area contributed by atoms with Crippen LogP contribution >= 0.6 is 0 Å². The standard InChI is InChI=1S/C28H34N2O4/c1-19-6-10-23(11-7-19)33-14-4-3-5-15-34-24-12-8-22(9-13-24)30-18-21-16-20-17-29(2)27(31)25(21)26(20)28(30)32/h6-13,20-21,25-26H,3-5,14-18H2,1-2H3. The monoisotopic (exact) mass is 462 g/mol. The van der Waals surface area contributed by atoms with Gasteiger partial charge in [-0.25, -0.2) is 0 Å². The number of unbranched alkanes of at least 4 members (excludes halogenated alkanes) is 2. The minimum absolute atomic E-state index is 0.114. The molecule has 180 valence electrons. The minimum atomic E-state index is -0.145. The number of carbonyl (C=O) groups excluding carboxylic acids is 2. The maximum atomic E-state index is 13.3. The summed E-state index contributed by atoms with van der Waals surface area (Å²) >= 11 is 0. The fourth-order valence-corrected chi connectivity index (χ4v) is 5.91. The van der Waals surface area contributed by atoms with Gasteiger partial charge in [0.25, 0.3) is 0 Å². The normalized spacial score (nSPS) is 25.6. The fraction of sp³-hybridized carbons (Fsp3) is 0.500. The second kappa shape index (κ2) is 9.69. The Morgan fingerprint density at radius 1 is 0.765 bits per heavy atom. The van der Waals surface area contributed by atoms with E-state index in [0.29, 0.717) is 32.2 Å². The van der Waals surface area contributed by atoms with Crippen LogP contribution in [0, 0.1) is 30.6 Å². The summed E-state index contributed by atoms with van der Waals surface area (Å²) in [7, 11) is 1.86. The van der Waals surface area contributed by atoms with Crippen LogP contribution in [0.5, 0.6) is 11.5 Å². The molecule has 3 aliphatic rings. The van der Waals surface area contributed by atoms with Crippen molar-refractivity contribution < 1.29 is 19.1 Å². The molecule has 4 atom stereocenters. The van der Waals surface area contributed by atoms with Crippen molar-refractivity contribution in [3.63, 3.8) is 0 Å². The van der Waals surface area contributed by atoms with Crippen molar-refractivity contribution in [2.75, 3.05) is 38.3 Å². The Kier molecular flexibility index (Phi) is 6.48. The van der Waals surface area contributed by atoms with E-state index in [4.69, 9.17) is 9.47 Å². The number of likely N-dealkylation sites (tertiary alicyclic amines) is 1. The molecular formula is C28H34N2O4. The van der Waals surface area contributed by atoms with E-state index in [2.05, 4.69) is 19.1 Å². The number of hydrogen-bond donors (Lipinski definition) is 0. The lowest BCUT2D eigenvalue weighted by Gasteiger charge is -2.42. The predicted molar refractivity (Wildman–Crippen MR) is 131 cm³/mol. The molecule has 0 aromatic heterocycles. The van der Waals surface area contributed by atoms with Crippen LogP contribution < -0.4 is 14.4 Å². The van der Waals surface area contributed by atoms with Crippen LogP contribution in [-0.4, -0.2) is 50.1 Å². The van der Waals surface area contributed by atoms with E-state index in [-0.39, 0.29) is 29.6 Å². The fourth-order valence-electron chi connectivity index (χ4n) is 5.91. The molecule has 0 spiro atoms. The van der Waals surface area contributed by atoms with Crippen molar-refractivity contribution in [3.8, 4) is 11.5 Å². The smallest absolute Gasteiger partial charge is 0.231 e. The van der Waals surface area contributed by atoms with Crippen molar-refractivity contribution in [2.45, 2.75) is 32.6 Å².